The van der Waals surface area contributed by atoms with Gasteiger partial charge in [-0.15, -0.1) is 0 Å². The van der Waals surface area contributed by atoms with Crippen LogP contribution in [0.2, 0.25) is 0 Å². The Labute approximate surface area is 91.7 Å². The van der Waals surface area contributed by atoms with Gasteiger partial charge in [-0.2, -0.15) is 0 Å². The molecule has 0 heterocycles. The lowest BCUT2D eigenvalue weighted by Gasteiger charge is -2.03. The van der Waals surface area contributed by atoms with Crippen molar-refractivity contribution in [1.82, 2.24) is 5.32 Å². The van der Waals surface area contributed by atoms with Gasteiger partial charge in [0.15, 0.2) is 0 Å². The third-order valence-corrected chi connectivity index (χ3v) is 2.41. The van der Waals surface area contributed by atoms with Crippen LogP contribution in [0.3, 0.4) is 0 Å². The molecule has 0 aromatic rings. The fourth-order valence-corrected chi connectivity index (χ4v) is 1.17. The average molecular weight is 201 g/mol. The van der Waals surface area contributed by atoms with Gasteiger partial charge in [0.1, 0.15) is 0 Å². The second-order valence-corrected chi connectivity index (χ2v) is 4.19. The molecular weight excluding hydrogens is 170 g/mol. The summed E-state index contributed by atoms with van der Waals surface area (Å²) in [5, 5.41) is 3.17. The number of hydrogen-bond acceptors (Lipinski definition) is 1. The number of rotatable bonds is 4. The highest BCUT2D eigenvalue weighted by Crippen LogP contribution is 2.43. The van der Waals surface area contributed by atoms with Crippen molar-refractivity contribution in [3.63, 3.8) is 0 Å². The van der Waals surface area contributed by atoms with Gasteiger partial charge in [0.05, 0.1) is 0 Å². The van der Waals surface area contributed by atoms with Crippen LogP contribution in [-0.4, -0.2) is 13.6 Å². The molecule has 0 bridgehead atoms. The Morgan fingerprint density at radius 3 is 1.57 bits per heavy atom. The van der Waals surface area contributed by atoms with Gasteiger partial charge in [0.2, 0.25) is 0 Å². The zero-order valence-corrected chi connectivity index (χ0v) is 11.2. The lowest BCUT2D eigenvalue weighted by molar-refractivity contribution is 0.532. The van der Waals surface area contributed by atoms with E-state index in [2.05, 4.69) is 26.1 Å². The minimum Gasteiger partial charge on any atom is -0.319 e. The van der Waals surface area contributed by atoms with E-state index >= 15 is 0 Å². The van der Waals surface area contributed by atoms with Crippen molar-refractivity contribution in [2.75, 3.05) is 13.6 Å². The van der Waals surface area contributed by atoms with E-state index < -0.39 is 0 Å². The van der Waals surface area contributed by atoms with Crippen LogP contribution in [0.4, 0.5) is 0 Å². The maximum atomic E-state index is 3.17. The van der Waals surface area contributed by atoms with Crippen LogP contribution < -0.4 is 5.32 Å². The summed E-state index contributed by atoms with van der Waals surface area (Å²) in [6.45, 7) is 11.9. The highest BCUT2D eigenvalue weighted by Gasteiger charge is 2.35. The van der Waals surface area contributed by atoms with E-state index in [-0.39, 0.29) is 0 Å². The van der Waals surface area contributed by atoms with Gasteiger partial charge in [-0.25, -0.2) is 0 Å². The van der Waals surface area contributed by atoms with Gasteiger partial charge in [-0.1, -0.05) is 53.9 Å². The van der Waals surface area contributed by atoms with E-state index in [4.69, 9.17) is 0 Å². The fraction of sp³-hybridized carbons (Fsp3) is 1.00. The van der Waals surface area contributed by atoms with Gasteiger partial charge in [-0.05, 0) is 25.3 Å². The van der Waals surface area contributed by atoms with Crippen molar-refractivity contribution in [2.24, 2.45) is 5.41 Å². The minimum absolute atomic E-state index is 0.689. The molecule has 1 heteroatoms. The van der Waals surface area contributed by atoms with Crippen molar-refractivity contribution in [1.29, 1.82) is 0 Å². The molecular formula is C13H31N. The van der Waals surface area contributed by atoms with Gasteiger partial charge >= 0.3 is 0 Å². The molecule has 0 amide bonds. The molecule has 1 aliphatic rings. The van der Waals surface area contributed by atoms with E-state index in [1.165, 1.54) is 38.6 Å². The van der Waals surface area contributed by atoms with Crippen molar-refractivity contribution in [2.45, 2.75) is 66.7 Å². The van der Waals surface area contributed by atoms with Crippen molar-refractivity contribution in [3.8, 4) is 0 Å². The van der Waals surface area contributed by atoms with Crippen molar-refractivity contribution >= 4 is 0 Å². The van der Waals surface area contributed by atoms with E-state index in [0.717, 1.165) is 0 Å². The molecule has 1 saturated carbocycles. The molecule has 0 spiro atoms. The summed E-state index contributed by atoms with van der Waals surface area (Å²) >= 11 is 0. The average Bonchev–Trinajstić information content (AvgIpc) is 2.90. The summed E-state index contributed by atoms with van der Waals surface area (Å²) in [4.78, 5) is 0. The molecule has 0 aromatic carbocycles. The largest absolute Gasteiger partial charge is 0.319 e. The van der Waals surface area contributed by atoms with Crippen LogP contribution in [0, 0.1) is 5.41 Å². The van der Waals surface area contributed by atoms with E-state index in [1.54, 1.807) is 0 Å². The normalized spacial score (nSPS) is 15.9. The molecule has 0 saturated heterocycles. The number of nitrogens with one attached hydrogen (secondary N) is 1. The van der Waals surface area contributed by atoms with Crippen molar-refractivity contribution < 1.29 is 0 Å². The zero-order chi connectivity index (χ0) is 11.4. The smallest absolute Gasteiger partial charge is 0.000216 e. The molecule has 88 valence electrons. The Hall–Kier alpha value is -0.0400. The van der Waals surface area contributed by atoms with Crippen molar-refractivity contribution in [3.05, 3.63) is 0 Å². The molecule has 0 radical (unpaired) electrons. The lowest BCUT2D eigenvalue weighted by Crippen LogP contribution is -2.16. The monoisotopic (exact) mass is 201 g/mol. The summed E-state index contributed by atoms with van der Waals surface area (Å²) in [5.74, 6) is 0. The van der Waals surface area contributed by atoms with Crippen LogP contribution in [-0.2, 0) is 0 Å². The van der Waals surface area contributed by atoms with E-state index in [9.17, 15) is 0 Å². The lowest BCUT2D eigenvalue weighted by atomic mass is 10.1. The van der Waals surface area contributed by atoms with Crippen LogP contribution in [0.15, 0.2) is 0 Å². The summed E-state index contributed by atoms with van der Waals surface area (Å²) in [7, 11) is 2.02. The summed E-state index contributed by atoms with van der Waals surface area (Å²) < 4.78 is 0. The van der Waals surface area contributed by atoms with Crippen LogP contribution >= 0.6 is 0 Å². The standard InChI is InChI=1S/C6H13N.C5H12.C2H6/c1-6(3-4-6)5-7-2;1-3-5-4-2;1-2/h7H,3-5H2,1-2H3;3-5H2,1-2H3;1-2H3. The van der Waals surface area contributed by atoms with Crippen LogP contribution in [0.25, 0.3) is 0 Å². The molecule has 0 atom stereocenters. The second-order valence-electron chi connectivity index (χ2n) is 4.19. The molecule has 1 rings (SSSR count). The number of hydrogen-bond donors (Lipinski definition) is 1. The maximum absolute atomic E-state index is 3.17. The minimum atomic E-state index is 0.689. The van der Waals surface area contributed by atoms with Crippen LogP contribution in [0.5, 0.6) is 0 Å². The Balaban J connectivity index is 0. The molecule has 0 unspecified atom stereocenters. The zero-order valence-electron chi connectivity index (χ0n) is 11.2. The molecule has 0 aromatic heterocycles. The maximum Gasteiger partial charge on any atom is 0.000216 e. The molecule has 1 fully saturated rings. The Bertz CT molecular complexity index is 93.4. The number of unbranched alkanes of at least 4 members (excludes halogenated alkanes) is 2. The van der Waals surface area contributed by atoms with Gasteiger partial charge in [0.25, 0.3) is 0 Å². The fourth-order valence-electron chi connectivity index (χ4n) is 1.17. The highest BCUT2D eigenvalue weighted by atomic mass is 14.8. The molecule has 0 aliphatic heterocycles. The predicted molar refractivity (Wildman–Crippen MR) is 67.8 cm³/mol. The van der Waals surface area contributed by atoms with Gasteiger partial charge in [-0.3, -0.25) is 0 Å². The first-order valence-corrected chi connectivity index (χ1v) is 6.33. The summed E-state index contributed by atoms with van der Waals surface area (Å²) in [5.41, 5.74) is 0.689. The van der Waals surface area contributed by atoms with Gasteiger partial charge < -0.3 is 5.32 Å². The third-order valence-electron chi connectivity index (χ3n) is 2.41. The molecule has 14 heavy (non-hydrogen) atoms. The predicted octanol–water partition coefficient (Wildman–Crippen LogP) is 4.23. The second kappa shape index (κ2) is 11.0. The Morgan fingerprint density at radius 2 is 1.50 bits per heavy atom. The molecule has 1 N–H and O–H groups in total. The SMILES string of the molecule is CC.CCCCC.CNCC1(C)CC1. The van der Waals surface area contributed by atoms with E-state index in [0.29, 0.717) is 5.41 Å². The Morgan fingerprint density at radius 1 is 1.07 bits per heavy atom. The quantitative estimate of drug-likeness (QED) is 0.718. The first-order valence-electron chi connectivity index (χ1n) is 6.33. The highest BCUT2D eigenvalue weighted by molar-refractivity contribution is 4.89. The van der Waals surface area contributed by atoms with Crippen LogP contribution in [0.1, 0.15) is 66.7 Å². The van der Waals surface area contributed by atoms with Gasteiger partial charge in [0, 0.05) is 6.54 Å². The Kier molecular flexibility index (Phi) is 12.9. The summed E-state index contributed by atoms with van der Waals surface area (Å²) in [6, 6.07) is 0. The van der Waals surface area contributed by atoms with E-state index in [1.807, 2.05) is 20.9 Å². The third kappa shape index (κ3) is 12.0. The first kappa shape index (κ1) is 16.4. The summed E-state index contributed by atoms with van der Waals surface area (Å²) in [6.07, 6.45) is 6.93. The topological polar surface area (TPSA) is 12.0 Å². The molecule has 1 aliphatic carbocycles. The molecule has 1 nitrogen and oxygen atoms in total. The first-order chi connectivity index (χ1) is 6.68.